The van der Waals surface area contributed by atoms with E-state index in [0.717, 1.165) is 0 Å². The number of anilines is 1. The predicted molar refractivity (Wildman–Crippen MR) is 68.4 cm³/mol. The zero-order valence-electron chi connectivity index (χ0n) is 11.2. The van der Waals surface area contributed by atoms with E-state index in [1.807, 2.05) is 20.8 Å². The highest BCUT2D eigenvalue weighted by atomic mass is 16.6. The number of rotatable bonds is 5. The van der Waals surface area contributed by atoms with Gasteiger partial charge in [-0.05, 0) is 11.8 Å². The molecule has 0 saturated heterocycles. The molecule has 0 spiro atoms. The van der Waals surface area contributed by atoms with Crippen molar-refractivity contribution in [1.82, 2.24) is 9.78 Å². The molecule has 0 aromatic carbocycles. The number of aliphatic hydroxyl groups is 1. The minimum absolute atomic E-state index is 0.0234. The maximum Gasteiger partial charge on any atom is 0.330 e. The third-order valence-corrected chi connectivity index (χ3v) is 2.78. The van der Waals surface area contributed by atoms with Gasteiger partial charge in [-0.2, -0.15) is 0 Å². The molecule has 0 aliphatic carbocycles. The first kappa shape index (κ1) is 14.4. The summed E-state index contributed by atoms with van der Waals surface area (Å²) in [5.41, 5.74) is -0.182. The van der Waals surface area contributed by atoms with Crippen LogP contribution in [0.2, 0.25) is 0 Å². The van der Waals surface area contributed by atoms with E-state index in [4.69, 9.17) is 5.11 Å². The van der Waals surface area contributed by atoms with Gasteiger partial charge in [0.2, 0.25) is 5.82 Å². The summed E-state index contributed by atoms with van der Waals surface area (Å²) in [6.45, 7) is 6.05. The Kier molecular flexibility index (Phi) is 4.28. The van der Waals surface area contributed by atoms with Crippen LogP contribution in [-0.2, 0) is 7.05 Å². The first-order valence-corrected chi connectivity index (χ1v) is 5.81. The van der Waals surface area contributed by atoms with Crippen LogP contribution in [0.1, 0.15) is 27.2 Å². The topological polar surface area (TPSA) is 93.2 Å². The van der Waals surface area contributed by atoms with Gasteiger partial charge in [-0.25, -0.2) is 0 Å². The van der Waals surface area contributed by atoms with Gasteiger partial charge in [-0.3, -0.25) is 14.8 Å². The summed E-state index contributed by atoms with van der Waals surface area (Å²) in [6.07, 6.45) is 1.87. The van der Waals surface area contributed by atoms with Gasteiger partial charge in [-0.1, -0.05) is 20.8 Å². The molecule has 1 atom stereocenters. The molecule has 0 aliphatic heterocycles. The van der Waals surface area contributed by atoms with E-state index in [1.165, 1.54) is 10.9 Å². The Bertz CT molecular complexity index is 422. The highest BCUT2D eigenvalue weighted by Gasteiger charge is 2.28. The Morgan fingerprint density at radius 2 is 2.22 bits per heavy atom. The Balaban J connectivity index is 2.97. The molecule has 0 aliphatic rings. The second-order valence-corrected chi connectivity index (χ2v) is 5.37. The summed E-state index contributed by atoms with van der Waals surface area (Å²) in [5, 5.41) is 27.1. The molecule has 2 N–H and O–H groups in total. The number of hydrogen-bond acceptors (Lipinski definition) is 5. The summed E-state index contributed by atoms with van der Waals surface area (Å²) in [5.74, 6) is 0.246. The van der Waals surface area contributed by atoms with E-state index in [0.29, 0.717) is 6.42 Å². The minimum Gasteiger partial charge on any atom is -0.396 e. The molecule has 0 bridgehead atoms. The van der Waals surface area contributed by atoms with Crippen LogP contribution in [0.4, 0.5) is 11.5 Å². The number of hydrogen-bond donors (Lipinski definition) is 2. The Morgan fingerprint density at radius 1 is 1.61 bits per heavy atom. The molecule has 1 unspecified atom stereocenters. The molecular weight excluding hydrogens is 236 g/mol. The van der Waals surface area contributed by atoms with Crippen LogP contribution >= 0.6 is 0 Å². The first-order chi connectivity index (χ1) is 8.25. The van der Waals surface area contributed by atoms with E-state index < -0.39 is 4.92 Å². The average molecular weight is 256 g/mol. The molecule has 0 fully saturated rings. The first-order valence-electron chi connectivity index (χ1n) is 5.81. The smallest absolute Gasteiger partial charge is 0.330 e. The van der Waals surface area contributed by atoms with E-state index in [9.17, 15) is 10.1 Å². The van der Waals surface area contributed by atoms with Crippen molar-refractivity contribution in [2.75, 3.05) is 11.9 Å². The standard InChI is InChI=1S/C11H20N4O3/c1-11(2,3)9(5-6-16)12-10-8(15(17)18)7-14(4)13-10/h7,9,16H,5-6H2,1-4H3,(H,12,13). The lowest BCUT2D eigenvalue weighted by Crippen LogP contribution is -2.35. The largest absolute Gasteiger partial charge is 0.396 e. The monoisotopic (exact) mass is 256 g/mol. The SMILES string of the molecule is Cn1cc([N+](=O)[O-])c(NC(CCO)C(C)(C)C)n1. The molecular formula is C11H20N4O3. The van der Waals surface area contributed by atoms with Gasteiger partial charge in [0.05, 0.1) is 4.92 Å². The molecule has 7 nitrogen and oxygen atoms in total. The van der Waals surface area contributed by atoms with Crippen molar-refractivity contribution >= 4 is 11.5 Å². The van der Waals surface area contributed by atoms with Crippen molar-refractivity contribution in [1.29, 1.82) is 0 Å². The number of aliphatic hydroxyl groups excluding tert-OH is 1. The van der Waals surface area contributed by atoms with Crippen LogP contribution in [0.15, 0.2) is 6.20 Å². The lowest BCUT2D eigenvalue weighted by Gasteiger charge is -2.30. The lowest BCUT2D eigenvalue weighted by atomic mass is 9.85. The summed E-state index contributed by atoms with van der Waals surface area (Å²) in [7, 11) is 1.64. The summed E-state index contributed by atoms with van der Waals surface area (Å²) in [6, 6.07) is -0.0869. The maximum absolute atomic E-state index is 10.9. The normalized spacial score (nSPS) is 13.4. The second kappa shape index (κ2) is 5.34. The number of aryl methyl sites for hydroxylation is 1. The van der Waals surface area contributed by atoms with E-state index >= 15 is 0 Å². The second-order valence-electron chi connectivity index (χ2n) is 5.37. The van der Waals surface area contributed by atoms with Gasteiger partial charge in [0.15, 0.2) is 0 Å². The Hall–Kier alpha value is -1.63. The number of nitrogens with zero attached hydrogens (tertiary/aromatic N) is 3. The summed E-state index contributed by atoms with van der Waals surface area (Å²) >= 11 is 0. The number of nitro groups is 1. The summed E-state index contributed by atoms with van der Waals surface area (Å²) in [4.78, 5) is 10.4. The number of nitrogens with one attached hydrogen (secondary N) is 1. The van der Waals surface area contributed by atoms with Crippen LogP contribution < -0.4 is 5.32 Å². The molecule has 1 aromatic rings. The summed E-state index contributed by atoms with van der Waals surface area (Å²) < 4.78 is 1.40. The molecule has 0 radical (unpaired) electrons. The highest BCUT2D eigenvalue weighted by Crippen LogP contribution is 2.29. The van der Waals surface area contributed by atoms with Crippen LogP contribution in [0, 0.1) is 15.5 Å². The van der Waals surface area contributed by atoms with Crippen molar-refractivity contribution in [2.24, 2.45) is 12.5 Å². The van der Waals surface area contributed by atoms with Gasteiger partial charge in [0.1, 0.15) is 6.20 Å². The molecule has 18 heavy (non-hydrogen) atoms. The van der Waals surface area contributed by atoms with Gasteiger partial charge in [-0.15, -0.1) is 5.10 Å². The lowest BCUT2D eigenvalue weighted by molar-refractivity contribution is -0.384. The molecule has 102 valence electrons. The van der Waals surface area contributed by atoms with Gasteiger partial charge < -0.3 is 10.4 Å². The van der Waals surface area contributed by atoms with Crippen LogP contribution in [0.5, 0.6) is 0 Å². The molecule has 1 aromatic heterocycles. The zero-order chi connectivity index (χ0) is 13.9. The molecule has 0 saturated carbocycles. The average Bonchev–Trinajstić information content (AvgIpc) is 2.57. The van der Waals surface area contributed by atoms with Crippen molar-refractivity contribution in [3.05, 3.63) is 16.3 Å². The van der Waals surface area contributed by atoms with E-state index in [2.05, 4.69) is 10.4 Å². The predicted octanol–water partition coefficient (Wildman–Crippen LogP) is 1.54. The van der Waals surface area contributed by atoms with Gasteiger partial charge in [0.25, 0.3) is 0 Å². The Morgan fingerprint density at radius 3 is 2.67 bits per heavy atom. The van der Waals surface area contributed by atoms with Crippen LogP contribution in [-0.4, -0.2) is 32.5 Å². The number of aromatic nitrogens is 2. The maximum atomic E-state index is 10.9. The van der Waals surface area contributed by atoms with Crippen molar-refractivity contribution in [3.8, 4) is 0 Å². The fraction of sp³-hybridized carbons (Fsp3) is 0.727. The quantitative estimate of drug-likeness (QED) is 0.615. The Labute approximate surface area is 106 Å². The van der Waals surface area contributed by atoms with Crippen molar-refractivity contribution in [3.63, 3.8) is 0 Å². The fourth-order valence-electron chi connectivity index (χ4n) is 1.73. The minimum atomic E-state index is -0.464. The fourth-order valence-corrected chi connectivity index (χ4v) is 1.73. The van der Waals surface area contributed by atoms with Crippen molar-refractivity contribution < 1.29 is 10.0 Å². The van der Waals surface area contributed by atoms with Gasteiger partial charge >= 0.3 is 5.69 Å². The highest BCUT2D eigenvalue weighted by molar-refractivity contribution is 5.55. The molecule has 1 rings (SSSR count). The van der Waals surface area contributed by atoms with E-state index in [-0.39, 0.29) is 29.6 Å². The van der Waals surface area contributed by atoms with Gasteiger partial charge in [0, 0.05) is 19.7 Å². The van der Waals surface area contributed by atoms with Crippen molar-refractivity contribution in [2.45, 2.75) is 33.2 Å². The molecule has 7 heteroatoms. The zero-order valence-corrected chi connectivity index (χ0v) is 11.2. The van der Waals surface area contributed by atoms with Crippen LogP contribution in [0.25, 0.3) is 0 Å². The third kappa shape index (κ3) is 3.43. The third-order valence-electron chi connectivity index (χ3n) is 2.78. The molecule has 1 heterocycles. The molecule has 0 amide bonds. The van der Waals surface area contributed by atoms with E-state index in [1.54, 1.807) is 7.05 Å². The van der Waals surface area contributed by atoms with Crippen LogP contribution in [0.3, 0.4) is 0 Å².